The molecule has 156 valence electrons. The van der Waals surface area contributed by atoms with Crippen LogP contribution in [0.15, 0.2) is 11.3 Å². The summed E-state index contributed by atoms with van der Waals surface area (Å²) >= 11 is 0. The molecule has 0 spiro atoms. The third-order valence-electron chi connectivity index (χ3n) is 8.00. The number of allylic oxidation sites excluding steroid dienone is 2. The molecule has 28 heavy (non-hydrogen) atoms. The highest BCUT2D eigenvalue weighted by molar-refractivity contribution is 6.08. The number of carbonyl (C=O) groups is 3. The zero-order chi connectivity index (χ0) is 20.5. The molecule has 0 aromatic carbocycles. The van der Waals surface area contributed by atoms with Gasteiger partial charge >= 0.3 is 0 Å². The number of hydrogen-bond donors (Lipinski definition) is 1. The van der Waals surface area contributed by atoms with Gasteiger partial charge < -0.3 is 5.11 Å². The molecule has 0 aliphatic heterocycles. The van der Waals surface area contributed by atoms with Gasteiger partial charge in [0.15, 0.2) is 5.78 Å². The molecule has 0 heterocycles. The zero-order valence-electron chi connectivity index (χ0n) is 17.8. The minimum Gasteiger partial charge on any atom is -0.512 e. The molecule has 0 unspecified atom stereocenters. The van der Waals surface area contributed by atoms with Crippen LogP contribution in [0.4, 0.5) is 0 Å². The van der Waals surface area contributed by atoms with Gasteiger partial charge in [-0.25, -0.2) is 0 Å². The Bertz CT molecular complexity index is 648. The third-order valence-corrected chi connectivity index (χ3v) is 8.00. The summed E-state index contributed by atoms with van der Waals surface area (Å²) in [6.07, 6.45) is 10.9. The Hall–Kier alpha value is -1.45. The van der Waals surface area contributed by atoms with Gasteiger partial charge in [-0.05, 0) is 51.4 Å². The van der Waals surface area contributed by atoms with E-state index < -0.39 is 11.3 Å². The SMILES string of the molecule is CC(=O)C1=C(O)C[C@@H](C2CCCCC2)C(C(C)=O)(C(C)=O)[C@@H]1C1CCCCC1. The first-order valence-electron chi connectivity index (χ1n) is 11.3. The Balaban J connectivity index is 2.20. The molecule has 2 saturated carbocycles. The van der Waals surface area contributed by atoms with E-state index in [1.165, 1.54) is 13.3 Å². The minimum atomic E-state index is -1.16. The number of rotatable bonds is 5. The van der Waals surface area contributed by atoms with Crippen molar-refractivity contribution in [2.75, 3.05) is 0 Å². The lowest BCUT2D eigenvalue weighted by Gasteiger charge is -2.53. The van der Waals surface area contributed by atoms with Crippen LogP contribution >= 0.6 is 0 Å². The fourth-order valence-electron chi connectivity index (χ4n) is 6.90. The minimum absolute atomic E-state index is 0.0996. The highest BCUT2D eigenvalue weighted by Gasteiger charge is 2.61. The fraction of sp³-hybridized carbons (Fsp3) is 0.792. The summed E-state index contributed by atoms with van der Waals surface area (Å²) < 4.78 is 0. The molecule has 0 aromatic rings. The van der Waals surface area contributed by atoms with Gasteiger partial charge in [-0.3, -0.25) is 14.4 Å². The maximum Gasteiger partial charge on any atom is 0.159 e. The number of aliphatic hydroxyl groups excluding tert-OH is 1. The normalized spacial score (nSPS) is 29.5. The van der Waals surface area contributed by atoms with Crippen LogP contribution in [0.3, 0.4) is 0 Å². The average Bonchev–Trinajstić information content (AvgIpc) is 2.67. The quantitative estimate of drug-likeness (QED) is 0.645. The lowest BCUT2D eigenvalue weighted by Crippen LogP contribution is -2.57. The number of carbonyl (C=O) groups excluding carboxylic acids is 3. The highest BCUT2D eigenvalue weighted by Crippen LogP contribution is 2.58. The van der Waals surface area contributed by atoms with Gasteiger partial charge in [0.1, 0.15) is 11.6 Å². The number of aliphatic hydroxyl groups is 1. The lowest BCUT2D eigenvalue weighted by molar-refractivity contribution is -0.153. The molecule has 4 nitrogen and oxygen atoms in total. The number of Topliss-reactive ketones (excluding diaryl/α,β-unsaturated/α-hetero) is 3. The molecule has 0 saturated heterocycles. The second kappa shape index (κ2) is 8.51. The van der Waals surface area contributed by atoms with E-state index >= 15 is 0 Å². The van der Waals surface area contributed by atoms with Crippen LogP contribution in [-0.4, -0.2) is 22.5 Å². The Labute approximate surface area is 169 Å². The topological polar surface area (TPSA) is 71.4 Å². The van der Waals surface area contributed by atoms with E-state index in [-0.39, 0.29) is 40.9 Å². The van der Waals surface area contributed by atoms with E-state index in [0.29, 0.717) is 12.0 Å². The first-order valence-corrected chi connectivity index (χ1v) is 11.3. The Kier molecular flexibility index (Phi) is 6.46. The van der Waals surface area contributed by atoms with E-state index in [1.54, 1.807) is 13.8 Å². The maximum atomic E-state index is 13.3. The summed E-state index contributed by atoms with van der Waals surface area (Å²) in [4.78, 5) is 39.3. The summed E-state index contributed by atoms with van der Waals surface area (Å²) in [5, 5.41) is 11.0. The summed E-state index contributed by atoms with van der Waals surface area (Å²) in [6.45, 7) is 4.58. The van der Waals surface area contributed by atoms with Gasteiger partial charge in [0.05, 0.1) is 11.2 Å². The van der Waals surface area contributed by atoms with Crippen LogP contribution in [0.25, 0.3) is 0 Å². The molecular formula is C24H36O4. The van der Waals surface area contributed by atoms with Gasteiger partial charge in [0.25, 0.3) is 0 Å². The molecular weight excluding hydrogens is 352 g/mol. The Morgan fingerprint density at radius 1 is 0.786 bits per heavy atom. The van der Waals surface area contributed by atoms with Gasteiger partial charge in [-0.1, -0.05) is 51.4 Å². The van der Waals surface area contributed by atoms with Crippen LogP contribution in [0.2, 0.25) is 0 Å². The van der Waals surface area contributed by atoms with Gasteiger partial charge in [-0.2, -0.15) is 0 Å². The molecule has 3 aliphatic rings. The van der Waals surface area contributed by atoms with Crippen molar-refractivity contribution in [2.24, 2.45) is 29.1 Å². The van der Waals surface area contributed by atoms with E-state index in [4.69, 9.17) is 0 Å². The van der Waals surface area contributed by atoms with Gasteiger partial charge in [0.2, 0.25) is 0 Å². The van der Waals surface area contributed by atoms with Crippen molar-refractivity contribution in [3.05, 3.63) is 11.3 Å². The van der Waals surface area contributed by atoms with Crippen LogP contribution in [-0.2, 0) is 14.4 Å². The van der Waals surface area contributed by atoms with E-state index in [9.17, 15) is 19.5 Å². The van der Waals surface area contributed by atoms with Crippen molar-refractivity contribution in [3.63, 3.8) is 0 Å². The number of ketones is 3. The zero-order valence-corrected chi connectivity index (χ0v) is 17.8. The van der Waals surface area contributed by atoms with Gasteiger partial charge in [-0.15, -0.1) is 0 Å². The third kappa shape index (κ3) is 3.48. The molecule has 1 N–H and O–H groups in total. The van der Waals surface area contributed by atoms with Crippen molar-refractivity contribution in [1.29, 1.82) is 0 Å². The Morgan fingerprint density at radius 3 is 1.68 bits per heavy atom. The number of hydrogen-bond acceptors (Lipinski definition) is 4. The van der Waals surface area contributed by atoms with E-state index in [0.717, 1.165) is 57.8 Å². The van der Waals surface area contributed by atoms with Crippen molar-refractivity contribution in [1.82, 2.24) is 0 Å². The predicted molar refractivity (Wildman–Crippen MR) is 109 cm³/mol. The molecule has 2 atom stereocenters. The Morgan fingerprint density at radius 2 is 1.25 bits per heavy atom. The van der Waals surface area contributed by atoms with Gasteiger partial charge in [0, 0.05) is 17.9 Å². The summed E-state index contributed by atoms with van der Waals surface area (Å²) in [5.74, 6) is -0.482. The lowest BCUT2D eigenvalue weighted by atomic mass is 9.48. The van der Waals surface area contributed by atoms with Crippen molar-refractivity contribution in [3.8, 4) is 0 Å². The molecule has 4 heteroatoms. The molecule has 2 fully saturated rings. The largest absolute Gasteiger partial charge is 0.512 e. The smallest absolute Gasteiger partial charge is 0.159 e. The van der Waals surface area contributed by atoms with Crippen molar-refractivity contribution in [2.45, 2.75) is 91.4 Å². The summed E-state index contributed by atoms with van der Waals surface area (Å²) in [5.41, 5.74) is -0.776. The molecule has 3 aliphatic carbocycles. The van der Waals surface area contributed by atoms with Crippen LogP contribution < -0.4 is 0 Å². The molecule has 0 radical (unpaired) electrons. The monoisotopic (exact) mass is 388 g/mol. The van der Waals surface area contributed by atoms with Crippen LogP contribution in [0.5, 0.6) is 0 Å². The first-order chi connectivity index (χ1) is 13.3. The molecule has 0 bridgehead atoms. The van der Waals surface area contributed by atoms with E-state index in [1.807, 2.05) is 0 Å². The maximum absolute atomic E-state index is 13.3. The molecule has 0 amide bonds. The second-order valence-corrected chi connectivity index (χ2v) is 9.48. The van der Waals surface area contributed by atoms with Crippen molar-refractivity contribution < 1.29 is 19.5 Å². The summed E-state index contributed by atoms with van der Waals surface area (Å²) in [7, 11) is 0. The van der Waals surface area contributed by atoms with Crippen LogP contribution in [0, 0.1) is 29.1 Å². The highest BCUT2D eigenvalue weighted by atomic mass is 16.3. The van der Waals surface area contributed by atoms with Crippen molar-refractivity contribution >= 4 is 17.3 Å². The second-order valence-electron chi connectivity index (χ2n) is 9.48. The van der Waals surface area contributed by atoms with E-state index in [2.05, 4.69) is 0 Å². The summed E-state index contributed by atoms with van der Waals surface area (Å²) in [6, 6.07) is 0. The molecule has 3 rings (SSSR count). The first kappa shape index (κ1) is 21.3. The fourth-order valence-corrected chi connectivity index (χ4v) is 6.90. The standard InChI is InChI=1S/C24H36O4/c1-15(25)22-21(28)14-20(18-10-6-4-7-11-18)24(16(2)26,17(3)27)23(22)19-12-8-5-9-13-19/h18-20,23,28H,4-14H2,1-3H3/t20-,23+/m0/s1. The average molecular weight is 389 g/mol. The molecule has 0 aromatic heterocycles. The van der Waals surface area contributed by atoms with Crippen LogP contribution in [0.1, 0.15) is 91.4 Å². The predicted octanol–water partition coefficient (Wildman–Crippen LogP) is 5.35.